The molecule has 0 aromatic carbocycles. The van der Waals surface area contributed by atoms with Crippen molar-refractivity contribution in [3.05, 3.63) is 11.9 Å². The maximum Gasteiger partial charge on any atom is 0.0738 e. The van der Waals surface area contributed by atoms with Gasteiger partial charge in [0.25, 0.3) is 0 Å². The fourth-order valence-corrected chi connectivity index (χ4v) is 1.65. The van der Waals surface area contributed by atoms with Crippen molar-refractivity contribution in [2.75, 3.05) is 6.54 Å². The van der Waals surface area contributed by atoms with Crippen LogP contribution in [0.25, 0.3) is 0 Å². The number of hydrogen-bond acceptors (Lipinski definition) is 3. The molecule has 4 heteroatoms. The van der Waals surface area contributed by atoms with Gasteiger partial charge >= 0.3 is 0 Å². The van der Waals surface area contributed by atoms with Crippen molar-refractivity contribution in [2.24, 2.45) is 0 Å². The highest BCUT2D eigenvalue weighted by molar-refractivity contribution is 4.98. The van der Waals surface area contributed by atoms with Gasteiger partial charge in [0.15, 0.2) is 0 Å². The second kappa shape index (κ2) is 2.80. The number of nitrogens with zero attached hydrogens (tertiary/aromatic N) is 4. The van der Waals surface area contributed by atoms with Crippen molar-refractivity contribution in [3.8, 4) is 0 Å². The van der Waals surface area contributed by atoms with Crippen LogP contribution in [0.5, 0.6) is 0 Å². The normalized spacial score (nSPS) is 18.7. The Balaban J connectivity index is 2.18. The Hall–Kier alpha value is -0.900. The molecule has 0 atom stereocenters. The van der Waals surface area contributed by atoms with Gasteiger partial charge in [0, 0.05) is 18.6 Å². The largest absolute Gasteiger partial charge is 0.291 e. The summed E-state index contributed by atoms with van der Waals surface area (Å²) < 4.78 is 1.99. The lowest BCUT2D eigenvalue weighted by Crippen LogP contribution is -2.45. The standard InChI is InChI=1S/C9H16N4/c1-9(2,3)12-4-5-13-8(7-12)6-10-11-13/h6H,4-5,7H2,1-3H3. The zero-order valence-corrected chi connectivity index (χ0v) is 8.49. The van der Waals surface area contributed by atoms with Crippen molar-refractivity contribution in [1.29, 1.82) is 0 Å². The minimum atomic E-state index is 0.246. The fraction of sp³-hybridized carbons (Fsp3) is 0.778. The van der Waals surface area contributed by atoms with E-state index >= 15 is 0 Å². The van der Waals surface area contributed by atoms with Crippen molar-refractivity contribution in [1.82, 2.24) is 19.9 Å². The Bertz CT molecular complexity index is 297. The third-order valence-electron chi connectivity index (χ3n) is 2.58. The number of hydrogen-bond donors (Lipinski definition) is 0. The van der Waals surface area contributed by atoms with Gasteiger partial charge in [-0.3, -0.25) is 4.90 Å². The van der Waals surface area contributed by atoms with Gasteiger partial charge in [-0.15, -0.1) is 5.10 Å². The molecule has 1 aliphatic rings. The second-order valence-corrected chi connectivity index (χ2v) is 4.54. The minimum absolute atomic E-state index is 0.246. The zero-order valence-electron chi connectivity index (χ0n) is 8.49. The summed E-state index contributed by atoms with van der Waals surface area (Å²) in [5, 5.41) is 7.92. The Morgan fingerprint density at radius 2 is 2.08 bits per heavy atom. The fourth-order valence-electron chi connectivity index (χ4n) is 1.65. The molecule has 0 fully saturated rings. The molecular weight excluding hydrogens is 164 g/mol. The number of rotatable bonds is 0. The molecule has 13 heavy (non-hydrogen) atoms. The first-order valence-electron chi connectivity index (χ1n) is 4.70. The van der Waals surface area contributed by atoms with Gasteiger partial charge in [0.2, 0.25) is 0 Å². The molecule has 2 heterocycles. The van der Waals surface area contributed by atoms with Gasteiger partial charge in [0.1, 0.15) is 0 Å². The lowest BCUT2D eigenvalue weighted by Gasteiger charge is -2.38. The zero-order chi connectivity index (χ0) is 9.47. The molecule has 0 aliphatic carbocycles. The molecule has 4 nitrogen and oxygen atoms in total. The van der Waals surface area contributed by atoms with Gasteiger partial charge in [-0.2, -0.15) is 0 Å². The van der Waals surface area contributed by atoms with Crippen LogP contribution in [0, 0.1) is 0 Å². The van der Waals surface area contributed by atoms with Crippen LogP contribution in [0.2, 0.25) is 0 Å². The highest BCUT2D eigenvalue weighted by Crippen LogP contribution is 2.19. The SMILES string of the molecule is CC(C)(C)N1CCn2nncc2C1. The van der Waals surface area contributed by atoms with Crippen LogP contribution in [-0.4, -0.2) is 32.0 Å². The predicted octanol–water partition coefficient (Wildman–Crippen LogP) is 0.892. The minimum Gasteiger partial charge on any atom is -0.291 e. The topological polar surface area (TPSA) is 34.0 Å². The molecular formula is C9H16N4. The summed E-state index contributed by atoms with van der Waals surface area (Å²) in [7, 11) is 0. The summed E-state index contributed by atoms with van der Waals surface area (Å²) >= 11 is 0. The monoisotopic (exact) mass is 180 g/mol. The van der Waals surface area contributed by atoms with Crippen LogP contribution in [-0.2, 0) is 13.1 Å². The lowest BCUT2D eigenvalue weighted by atomic mass is 10.1. The third kappa shape index (κ3) is 1.58. The summed E-state index contributed by atoms with van der Waals surface area (Å²) in [5.74, 6) is 0. The van der Waals surface area contributed by atoms with Gasteiger partial charge in [-0.05, 0) is 20.8 Å². The first-order valence-corrected chi connectivity index (χ1v) is 4.70. The molecule has 0 saturated carbocycles. The average molecular weight is 180 g/mol. The van der Waals surface area contributed by atoms with Gasteiger partial charge < -0.3 is 0 Å². The Morgan fingerprint density at radius 1 is 1.31 bits per heavy atom. The van der Waals surface area contributed by atoms with Crippen molar-refractivity contribution >= 4 is 0 Å². The molecule has 1 aliphatic heterocycles. The average Bonchev–Trinajstić information content (AvgIpc) is 2.47. The maximum absolute atomic E-state index is 4.01. The predicted molar refractivity (Wildman–Crippen MR) is 50.2 cm³/mol. The Labute approximate surface area is 78.5 Å². The van der Waals surface area contributed by atoms with Crippen LogP contribution in [0.3, 0.4) is 0 Å². The van der Waals surface area contributed by atoms with E-state index in [1.165, 1.54) is 5.69 Å². The van der Waals surface area contributed by atoms with Crippen LogP contribution >= 0.6 is 0 Å². The lowest BCUT2D eigenvalue weighted by molar-refractivity contribution is 0.0987. The van der Waals surface area contributed by atoms with Gasteiger partial charge in [0.05, 0.1) is 18.4 Å². The second-order valence-electron chi connectivity index (χ2n) is 4.54. The van der Waals surface area contributed by atoms with Crippen molar-refractivity contribution in [2.45, 2.75) is 39.4 Å². The van der Waals surface area contributed by atoms with E-state index in [1.54, 1.807) is 0 Å². The van der Waals surface area contributed by atoms with E-state index in [1.807, 2.05) is 10.9 Å². The number of aromatic nitrogens is 3. The van der Waals surface area contributed by atoms with E-state index in [-0.39, 0.29) is 5.54 Å². The van der Waals surface area contributed by atoms with Gasteiger partial charge in [-0.25, -0.2) is 4.68 Å². The smallest absolute Gasteiger partial charge is 0.0738 e. The first-order chi connectivity index (χ1) is 6.07. The van der Waals surface area contributed by atoms with Crippen LogP contribution in [0.15, 0.2) is 6.20 Å². The van der Waals surface area contributed by atoms with Gasteiger partial charge in [-0.1, -0.05) is 5.21 Å². The Morgan fingerprint density at radius 3 is 2.77 bits per heavy atom. The van der Waals surface area contributed by atoms with E-state index in [0.29, 0.717) is 0 Å². The molecule has 0 spiro atoms. The highest BCUT2D eigenvalue weighted by atomic mass is 15.5. The summed E-state index contributed by atoms with van der Waals surface area (Å²) in [6.07, 6.45) is 1.86. The van der Waals surface area contributed by atoms with E-state index in [0.717, 1.165) is 19.6 Å². The molecule has 1 aromatic heterocycles. The maximum atomic E-state index is 4.01. The van der Waals surface area contributed by atoms with E-state index in [9.17, 15) is 0 Å². The summed E-state index contributed by atoms with van der Waals surface area (Å²) in [6, 6.07) is 0. The molecule has 0 unspecified atom stereocenters. The van der Waals surface area contributed by atoms with Crippen molar-refractivity contribution in [3.63, 3.8) is 0 Å². The van der Waals surface area contributed by atoms with Crippen LogP contribution in [0.4, 0.5) is 0 Å². The molecule has 0 radical (unpaired) electrons. The van der Waals surface area contributed by atoms with E-state index in [2.05, 4.69) is 36.0 Å². The quantitative estimate of drug-likeness (QED) is 0.594. The molecule has 0 saturated heterocycles. The molecule has 0 N–H and O–H groups in total. The Kier molecular flexibility index (Phi) is 1.87. The summed E-state index contributed by atoms with van der Waals surface area (Å²) in [4.78, 5) is 2.45. The van der Waals surface area contributed by atoms with Crippen LogP contribution in [0.1, 0.15) is 26.5 Å². The molecule has 0 bridgehead atoms. The van der Waals surface area contributed by atoms with Crippen LogP contribution < -0.4 is 0 Å². The third-order valence-corrected chi connectivity index (χ3v) is 2.58. The first kappa shape index (κ1) is 8.69. The van der Waals surface area contributed by atoms with Crippen molar-refractivity contribution < 1.29 is 0 Å². The summed E-state index contributed by atoms with van der Waals surface area (Å²) in [5.41, 5.74) is 1.47. The van der Waals surface area contributed by atoms with E-state index in [4.69, 9.17) is 0 Å². The molecule has 72 valence electrons. The number of fused-ring (bicyclic) bond motifs is 1. The van der Waals surface area contributed by atoms with E-state index < -0.39 is 0 Å². The molecule has 1 aromatic rings. The molecule has 2 rings (SSSR count). The summed E-state index contributed by atoms with van der Waals surface area (Å²) in [6.45, 7) is 9.73. The highest BCUT2D eigenvalue weighted by Gasteiger charge is 2.25. The molecule has 0 amide bonds.